The van der Waals surface area contributed by atoms with Crippen LogP contribution in [-0.2, 0) is 0 Å². The third kappa shape index (κ3) is 2.72. The molecule has 0 bridgehead atoms. The Morgan fingerprint density at radius 2 is 1.84 bits per heavy atom. The number of hydrogen-bond acceptors (Lipinski definition) is 3. The number of rotatable bonds is 3. The molecule has 124 valence electrons. The van der Waals surface area contributed by atoms with Gasteiger partial charge in [-0.2, -0.15) is 0 Å². The number of aryl methyl sites for hydroxylation is 2. The zero-order valence-corrected chi connectivity index (χ0v) is 14.8. The Balaban J connectivity index is 1.88. The number of carbonyl (C=O) groups excluding carboxylic acids is 1. The smallest absolute Gasteiger partial charge is 0.267 e. The Bertz CT molecular complexity index is 1060. The van der Waals surface area contributed by atoms with Crippen molar-refractivity contribution in [3.63, 3.8) is 0 Å². The molecule has 4 aromatic rings. The number of imidazole rings is 1. The predicted molar refractivity (Wildman–Crippen MR) is 102 cm³/mol. The third-order valence-electron chi connectivity index (χ3n) is 4.19. The minimum Gasteiger partial charge on any atom is -0.305 e. The molecule has 1 aromatic carbocycles. The maximum Gasteiger partial charge on any atom is 0.267 e. The molecular formula is C20H17N3OS. The highest BCUT2D eigenvalue weighted by Crippen LogP contribution is 2.30. The summed E-state index contributed by atoms with van der Waals surface area (Å²) in [5.41, 5.74) is 4.64. The number of thiophene rings is 1. The number of aromatic nitrogens is 2. The van der Waals surface area contributed by atoms with Crippen molar-refractivity contribution in [2.75, 3.05) is 5.32 Å². The Kier molecular flexibility index (Phi) is 3.86. The van der Waals surface area contributed by atoms with Gasteiger partial charge >= 0.3 is 0 Å². The van der Waals surface area contributed by atoms with Crippen LogP contribution in [0.15, 0.2) is 60.1 Å². The van der Waals surface area contributed by atoms with E-state index in [2.05, 4.69) is 5.32 Å². The van der Waals surface area contributed by atoms with Gasteiger partial charge in [-0.1, -0.05) is 36.4 Å². The Labute approximate surface area is 149 Å². The fourth-order valence-corrected chi connectivity index (χ4v) is 3.71. The molecule has 0 aliphatic rings. The van der Waals surface area contributed by atoms with Crippen LogP contribution in [-0.4, -0.2) is 15.3 Å². The zero-order valence-electron chi connectivity index (χ0n) is 14.0. The normalized spacial score (nSPS) is 11.0. The van der Waals surface area contributed by atoms with E-state index in [1.165, 1.54) is 11.3 Å². The summed E-state index contributed by atoms with van der Waals surface area (Å²) in [6.07, 6.45) is 1.93. The van der Waals surface area contributed by atoms with Crippen LogP contribution >= 0.6 is 11.3 Å². The SMILES string of the molecule is Cc1ccsc1C(=O)Nc1c(-c2ccccc2)nc2c(C)cccn12. The first kappa shape index (κ1) is 15.6. The molecule has 5 heteroatoms. The van der Waals surface area contributed by atoms with E-state index in [1.807, 2.05) is 78.4 Å². The van der Waals surface area contributed by atoms with Gasteiger partial charge in [-0.3, -0.25) is 9.20 Å². The number of pyridine rings is 1. The second kappa shape index (κ2) is 6.18. The molecule has 25 heavy (non-hydrogen) atoms. The van der Waals surface area contributed by atoms with Crippen molar-refractivity contribution < 1.29 is 4.79 Å². The first-order valence-electron chi connectivity index (χ1n) is 8.03. The maximum absolute atomic E-state index is 12.8. The molecule has 0 aliphatic carbocycles. The molecule has 3 aromatic heterocycles. The first-order chi connectivity index (χ1) is 12.1. The lowest BCUT2D eigenvalue weighted by Crippen LogP contribution is -2.13. The van der Waals surface area contributed by atoms with E-state index in [9.17, 15) is 4.79 Å². The number of nitrogens with one attached hydrogen (secondary N) is 1. The van der Waals surface area contributed by atoms with Gasteiger partial charge < -0.3 is 5.32 Å². The van der Waals surface area contributed by atoms with Crippen LogP contribution in [0.5, 0.6) is 0 Å². The lowest BCUT2D eigenvalue weighted by atomic mass is 10.1. The average molecular weight is 347 g/mol. The molecule has 1 N–H and O–H groups in total. The van der Waals surface area contributed by atoms with Crippen molar-refractivity contribution in [2.45, 2.75) is 13.8 Å². The number of nitrogens with zero attached hydrogens (tertiary/aromatic N) is 2. The van der Waals surface area contributed by atoms with Crippen LogP contribution in [0, 0.1) is 13.8 Å². The summed E-state index contributed by atoms with van der Waals surface area (Å²) in [7, 11) is 0. The van der Waals surface area contributed by atoms with Gasteiger partial charge in [-0.15, -0.1) is 11.3 Å². The maximum atomic E-state index is 12.8. The highest BCUT2D eigenvalue weighted by Gasteiger charge is 2.19. The molecule has 1 amide bonds. The standard InChI is InChI=1S/C20H17N3OS/c1-13-10-12-25-17(13)20(24)22-19-16(15-8-4-3-5-9-15)21-18-14(2)7-6-11-23(18)19/h3-12H,1-2H3,(H,22,24). The number of benzene rings is 1. The van der Waals surface area contributed by atoms with Gasteiger partial charge in [0.05, 0.1) is 4.88 Å². The molecule has 0 aliphatic heterocycles. The van der Waals surface area contributed by atoms with Crippen LogP contribution in [0.4, 0.5) is 5.82 Å². The predicted octanol–water partition coefficient (Wildman–Crippen LogP) is 4.93. The van der Waals surface area contributed by atoms with Crippen LogP contribution in [0.1, 0.15) is 20.8 Å². The van der Waals surface area contributed by atoms with Gasteiger partial charge in [0, 0.05) is 11.8 Å². The van der Waals surface area contributed by atoms with Crippen molar-refractivity contribution >= 4 is 28.7 Å². The van der Waals surface area contributed by atoms with Crippen molar-refractivity contribution in [2.24, 2.45) is 0 Å². The number of hydrogen-bond donors (Lipinski definition) is 1. The fourth-order valence-electron chi connectivity index (χ4n) is 2.89. The molecule has 0 saturated heterocycles. The van der Waals surface area contributed by atoms with Gasteiger partial charge in [0.25, 0.3) is 5.91 Å². The first-order valence-corrected chi connectivity index (χ1v) is 8.91. The van der Waals surface area contributed by atoms with E-state index in [0.29, 0.717) is 5.82 Å². The minimum absolute atomic E-state index is 0.104. The van der Waals surface area contributed by atoms with Crippen LogP contribution in [0.2, 0.25) is 0 Å². The number of anilines is 1. The highest BCUT2D eigenvalue weighted by molar-refractivity contribution is 7.12. The topological polar surface area (TPSA) is 46.4 Å². The van der Waals surface area contributed by atoms with Gasteiger partial charge in [0.1, 0.15) is 17.2 Å². The largest absolute Gasteiger partial charge is 0.305 e. The molecule has 4 nitrogen and oxygen atoms in total. The molecule has 0 atom stereocenters. The molecule has 3 heterocycles. The van der Waals surface area contributed by atoms with E-state index in [4.69, 9.17) is 4.98 Å². The van der Waals surface area contributed by atoms with E-state index in [-0.39, 0.29) is 5.91 Å². The third-order valence-corrected chi connectivity index (χ3v) is 5.21. The lowest BCUT2D eigenvalue weighted by molar-refractivity contribution is 0.102. The van der Waals surface area contributed by atoms with E-state index < -0.39 is 0 Å². The summed E-state index contributed by atoms with van der Waals surface area (Å²) in [6.45, 7) is 3.97. The quantitative estimate of drug-likeness (QED) is 0.571. The van der Waals surface area contributed by atoms with Crippen LogP contribution in [0.3, 0.4) is 0 Å². The monoisotopic (exact) mass is 347 g/mol. The molecule has 0 fully saturated rings. The highest BCUT2D eigenvalue weighted by atomic mass is 32.1. The van der Waals surface area contributed by atoms with E-state index in [0.717, 1.165) is 32.9 Å². The second-order valence-electron chi connectivity index (χ2n) is 5.95. The lowest BCUT2D eigenvalue weighted by Gasteiger charge is -2.08. The van der Waals surface area contributed by atoms with Crippen LogP contribution in [0.25, 0.3) is 16.9 Å². The fraction of sp³-hybridized carbons (Fsp3) is 0.100. The summed E-state index contributed by atoms with van der Waals surface area (Å²) in [6, 6.07) is 15.9. The number of carbonyl (C=O) groups is 1. The summed E-state index contributed by atoms with van der Waals surface area (Å²) in [5.74, 6) is 0.593. The van der Waals surface area contributed by atoms with Gasteiger partial charge in [0.15, 0.2) is 0 Å². The number of fused-ring (bicyclic) bond motifs is 1. The van der Waals surface area contributed by atoms with Gasteiger partial charge in [-0.25, -0.2) is 4.98 Å². The summed E-state index contributed by atoms with van der Waals surface area (Å²) in [5, 5.41) is 5.01. The molecule has 4 rings (SSSR count). The van der Waals surface area contributed by atoms with Crippen LogP contribution < -0.4 is 5.32 Å². The second-order valence-corrected chi connectivity index (χ2v) is 6.86. The average Bonchev–Trinajstić information content (AvgIpc) is 3.21. The van der Waals surface area contributed by atoms with E-state index in [1.54, 1.807) is 0 Å². The number of amides is 1. The molecular weight excluding hydrogens is 330 g/mol. The molecule has 0 unspecified atom stereocenters. The minimum atomic E-state index is -0.104. The summed E-state index contributed by atoms with van der Waals surface area (Å²) < 4.78 is 1.94. The van der Waals surface area contributed by atoms with Crippen molar-refractivity contribution in [3.8, 4) is 11.3 Å². The Morgan fingerprint density at radius 3 is 2.56 bits per heavy atom. The Hall–Kier alpha value is -2.92. The van der Waals surface area contributed by atoms with E-state index >= 15 is 0 Å². The summed E-state index contributed by atoms with van der Waals surface area (Å²) in [4.78, 5) is 18.3. The Morgan fingerprint density at radius 1 is 1.04 bits per heavy atom. The molecule has 0 radical (unpaired) electrons. The van der Waals surface area contributed by atoms with Gasteiger partial charge in [-0.05, 0) is 42.5 Å². The summed E-state index contributed by atoms with van der Waals surface area (Å²) >= 11 is 1.45. The van der Waals surface area contributed by atoms with Crippen molar-refractivity contribution in [1.82, 2.24) is 9.38 Å². The zero-order chi connectivity index (χ0) is 17.4. The molecule has 0 spiro atoms. The molecule has 0 saturated carbocycles. The van der Waals surface area contributed by atoms with Crippen molar-refractivity contribution in [3.05, 3.63) is 76.1 Å². The van der Waals surface area contributed by atoms with Crippen molar-refractivity contribution in [1.29, 1.82) is 0 Å². The van der Waals surface area contributed by atoms with Gasteiger partial charge in [0.2, 0.25) is 0 Å².